The third kappa shape index (κ3) is 3.90. The molecule has 6 heteroatoms. The molecule has 108 valence electrons. The molecule has 0 radical (unpaired) electrons. The third-order valence-electron chi connectivity index (χ3n) is 2.69. The minimum absolute atomic E-state index is 0.0747. The second-order valence-electron chi connectivity index (χ2n) is 5.02. The highest BCUT2D eigenvalue weighted by atomic mass is 35.5. The van der Waals surface area contributed by atoms with E-state index < -0.39 is 5.25 Å². The van der Waals surface area contributed by atoms with E-state index in [4.69, 9.17) is 16.3 Å². The lowest BCUT2D eigenvalue weighted by molar-refractivity contribution is -0.145. The van der Waals surface area contributed by atoms with Crippen molar-refractivity contribution in [3.8, 4) is 0 Å². The van der Waals surface area contributed by atoms with E-state index in [1.54, 1.807) is 12.1 Å². The molecule has 1 atom stereocenters. The van der Waals surface area contributed by atoms with Crippen LogP contribution < -0.4 is 5.32 Å². The Morgan fingerprint density at radius 3 is 2.95 bits per heavy atom. The summed E-state index contributed by atoms with van der Waals surface area (Å²) in [7, 11) is 0. The van der Waals surface area contributed by atoms with Gasteiger partial charge < -0.3 is 10.1 Å². The molecular weight excluding hydrogens is 298 g/mol. The maximum atomic E-state index is 12.0. The number of nitrogens with one attached hydrogen (secondary N) is 1. The number of hydrogen-bond donors (Lipinski definition) is 1. The molecule has 1 unspecified atom stereocenters. The van der Waals surface area contributed by atoms with Crippen molar-refractivity contribution in [1.29, 1.82) is 0 Å². The van der Waals surface area contributed by atoms with Gasteiger partial charge in [0, 0.05) is 9.92 Å². The molecule has 0 fully saturated rings. The molecule has 1 aromatic carbocycles. The smallest absolute Gasteiger partial charge is 0.307 e. The minimum atomic E-state index is -0.455. The van der Waals surface area contributed by atoms with Crippen molar-refractivity contribution in [2.75, 3.05) is 11.9 Å². The molecule has 1 aliphatic heterocycles. The van der Waals surface area contributed by atoms with Crippen LogP contribution in [0.2, 0.25) is 5.02 Å². The van der Waals surface area contributed by atoms with Crippen LogP contribution in [0.15, 0.2) is 23.1 Å². The van der Waals surface area contributed by atoms with Gasteiger partial charge in [-0.25, -0.2) is 0 Å². The van der Waals surface area contributed by atoms with Gasteiger partial charge in [-0.05, 0) is 24.1 Å². The number of amides is 1. The van der Waals surface area contributed by atoms with Crippen LogP contribution in [-0.2, 0) is 14.3 Å². The van der Waals surface area contributed by atoms with Crippen LogP contribution in [-0.4, -0.2) is 23.7 Å². The molecule has 1 N–H and O–H groups in total. The number of carbonyl (C=O) groups is 2. The quantitative estimate of drug-likeness (QED) is 0.866. The number of ether oxygens (including phenoxy) is 1. The molecule has 1 aromatic rings. The number of benzene rings is 1. The summed E-state index contributed by atoms with van der Waals surface area (Å²) >= 11 is 7.25. The first-order valence-electron chi connectivity index (χ1n) is 6.38. The Hall–Kier alpha value is -1.20. The lowest BCUT2D eigenvalue weighted by Crippen LogP contribution is -2.31. The van der Waals surface area contributed by atoms with Gasteiger partial charge in [0.15, 0.2) is 0 Å². The predicted octanol–water partition coefficient (Wildman–Crippen LogP) is 3.34. The summed E-state index contributed by atoms with van der Waals surface area (Å²) in [4.78, 5) is 24.6. The van der Waals surface area contributed by atoms with Crippen LogP contribution in [0, 0.1) is 5.92 Å². The van der Waals surface area contributed by atoms with Crippen molar-refractivity contribution in [2.45, 2.75) is 30.4 Å². The lowest BCUT2D eigenvalue weighted by atomic mass is 10.2. The normalized spacial score (nSPS) is 17.6. The highest BCUT2D eigenvalue weighted by Crippen LogP contribution is 2.38. The number of thioether (sulfide) groups is 1. The zero-order valence-corrected chi connectivity index (χ0v) is 12.9. The van der Waals surface area contributed by atoms with E-state index in [-0.39, 0.29) is 24.2 Å². The van der Waals surface area contributed by atoms with E-state index in [1.807, 2.05) is 19.9 Å². The van der Waals surface area contributed by atoms with Crippen molar-refractivity contribution in [3.63, 3.8) is 0 Å². The molecule has 1 amide bonds. The highest BCUT2D eigenvalue weighted by molar-refractivity contribution is 8.01. The van der Waals surface area contributed by atoms with Gasteiger partial charge in [0.05, 0.1) is 24.0 Å². The van der Waals surface area contributed by atoms with Gasteiger partial charge >= 0.3 is 5.97 Å². The van der Waals surface area contributed by atoms with Crippen molar-refractivity contribution in [2.24, 2.45) is 5.92 Å². The highest BCUT2D eigenvalue weighted by Gasteiger charge is 2.29. The van der Waals surface area contributed by atoms with Gasteiger partial charge in [0.1, 0.15) is 0 Å². The summed E-state index contributed by atoms with van der Waals surface area (Å²) in [5.74, 6) is -0.246. The molecule has 1 aliphatic rings. The van der Waals surface area contributed by atoms with Crippen LogP contribution in [0.1, 0.15) is 20.3 Å². The number of esters is 1. The number of hydrogen-bond acceptors (Lipinski definition) is 4. The number of carbonyl (C=O) groups excluding carboxylic acids is 2. The first-order valence-corrected chi connectivity index (χ1v) is 7.64. The average Bonchev–Trinajstić information content (AvgIpc) is 2.37. The van der Waals surface area contributed by atoms with Crippen LogP contribution in [0.3, 0.4) is 0 Å². The Bertz CT molecular complexity index is 533. The standard InChI is InChI=1S/C14H16ClNO3S/c1-8(2)7-19-13(17)6-12-14(18)16-10-5-9(15)3-4-11(10)20-12/h3-5,8,12H,6-7H2,1-2H3,(H,16,18). The molecule has 0 aromatic heterocycles. The van der Waals surface area contributed by atoms with Gasteiger partial charge in [-0.15, -0.1) is 11.8 Å². The van der Waals surface area contributed by atoms with Crippen molar-refractivity contribution in [3.05, 3.63) is 23.2 Å². The molecule has 1 heterocycles. The van der Waals surface area contributed by atoms with Crippen molar-refractivity contribution >= 4 is 40.9 Å². The summed E-state index contributed by atoms with van der Waals surface area (Å²) in [6.07, 6.45) is 0.0747. The van der Waals surface area contributed by atoms with E-state index in [2.05, 4.69) is 5.32 Å². The minimum Gasteiger partial charge on any atom is -0.465 e. The lowest BCUT2D eigenvalue weighted by Gasteiger charge is -2.23. The van der Waals surface area contributed by atoms with Crippen LogP contribution in [0.5, 0.6) is 0 Å². The molecule has 0 aliphatic carbocycles. The Labute approximate surface area is 127 Å². The van der Waals surface area contributed by atoms with Crippen LogP contribution in [0.4, 0.5) is 5.69 Å². The Morgan fingerprint density at radius 1 is 1.50 bits per heavy atom. The van der Waals surface area contributed by atoms with Crippen molar-refractivity contribution < 1.29 is 14.3 Å². The molecule has 2 rings (SSSR count). The van der Waals surface area contributed by atoms with E-state index in [9.17, 15) is 9.59 Å². The van der Waals surface area contributed by atoms with Gasteiger partial charge in [0.25, 0.3) is 0 Å². The van der Waals surface area contributed by atoms with E-state index >= 15 is 0 Å². The summed E-state index contributed by atoms with van der Waals surface area (Å²) in [5, 5.41) is 2.88. The Morgan fingerprint density at radius 2 is 2.25 bits per heavy atom. The third-order valence-corrected chi connectivity index (χ3v) is 4.20. The average molecular weight is 314 g/mol. The molecule has 0 saturated heterocycles. The molecule has 20 heavy (non-hydrogen) atoms. The fourth-order valence-corrected chi connectivity index (χ4v) is 2.97. The molecule has 4 nitrogen and oxygen atoms in total. The summed E-state index contributed by atoms with van der Waals surface area (Å²) in [5.41, 5.74) is 0.694. The molecular formula is C14H16ClNO3S. The van der Waals surface area contributed by atoms with Gasteiger partial charge in [-0.2, -0.15) is 0 Å². The number of fused-ring (bicyclic) bond motifs is 1. The van der Waals surface area contributed by atoms with Crippen LogP contribution in [0.25, 0.3) is 0 Å². The first kappa shape index (κ1) is 15.2. The monoisotopic (exact) mass is 313 g/mol. The molecule has 0 saturated carbocycles. The SMILES string of the molecule is CC(C)COC(=O)CC1Sc2ccc(Cl)cc2NC1=O. The zero-order valence-electron chi connectivity index (χ0n) is 11.3. The topological polar surface area (TPSA) is 55.4 Å². The van der Waals surface area contributed by atoms with E-state index in [0.717, 1.165) is 4.90 Å². The second kappa shape index (κ2) is 6.50. The summed E-state index contributed by atoms with van der Waals surface area (Å²) < 4.78 is 5.11. The second-order valence-corrected chi connectivity index (χ2v) is 6.70. The van der Waals surface area contributed by atoms with Crippen LogP contribution >= 0.6 is 23.4 Å². The van der Waals surface area contributed by atoms with Gasteiger partial charge in [-0.1, -0.05) is 25.4 Å². The Kier molecular flexibility index (Phi) is 4.94. The fraction of sp³-hybridized carbons (Fsp3) is 0.429. The maximum absolute atomic E-state index is 12.0. The van der Waals surface area contributed by atoms with E-state index in [1.165, 1.54) is 11.8 Å². The first-order chi connectivity index (χ1) is 9.45. The van der Waals surface area contributed by atoms with E-state index in [0.29, 0.717) is 17.3 Å². The van der Waals surface area contributed by atoms with Crippen molar-refractivity contribution in [1.82, 2.24) is 0 Å². The molecule has 0 spiro atoms. The van der Waals surface area contributed by atoms with Gasteiger partial charge in [-0.3, -0.25) is 9.59 Å². The zero-order chi connectivity index (χ0) is 14.7. The fourth-order valence-electron chi connectivity index (χ4n) is 1.73. The maximum Gasteiger partial charge on any atom is 0.307 e. The number of rotatable bonds is 4. The summed E-state index contributed by atoms with van der Waals surface area (Å²) in [6, 6.07) is 5.31. The molecule has 0 bridgehead atoms. The largest absolute Gasteiger partial charge is 0.465 e. The predicted molar refractivity (Wildman–Crippen MR) is 80.1 cm³/mol. The number of anilines is 1. The van der Waals surface area contributed by atoms with Gasteiger partial charge in [0.2, 0.25) is 5.91 Å². The summed E-state index contributed by atoms with van der Waals surface area (Å²) in [6.45, 7) is 4.31. The Balaban J connectivity index is 1.99. The number of halogens is 1.